The molecule has 0 spiro atoms. The van der Waals surface area contributed by atoms with E-state index >= 15 is 0 Å². The zero-order valence-corrected chi connectivity index (χ0v) is 15.0. The third-order valence-electron chi connectivity index (χ3n) is 5.15. The van der Waals surface area contributed by atoms with E-state index in [4.69, 9.17) is 4.74 Å². The van der Waals surface area contributed by atoms with E-state index in [1.165, 1.54) is 12.7 Å². The lowest BCUT2D eigenvalue weighted by molar-refractivity contribution is -0.145. The van der Waals surface area contributed by atoms with Crippen LogP contribution in [0.3, 0.4) is 0 Å². The van der Waals surface area contributed by atoms with Crippen LogP contribution in [0.4, 0.5) is 0 Å². The minimum atomic E-state index is -0.188. The summed E-state index contributed by atoms with van der Waals surface area (Å²) in [5, 5.41) is 0. The molecule has 1 aliphatic heterocycles. The molecule has 1 saturated heterocycles. The maximum atomic E-state index is 12.4. The van der Waals surface area contributed by atoms with E-state index in [2.05, 4.69) is 33.1 Å². The van der Waals surface area contributed by atoms with Crippen LogP contribution in [-0.2, 0) is 23.1 Å². The van der Waals surface area contributed by atoms with Gasteiger partial charge in [-0.1, -0.05) is 30.3 Å². The van der Waals surface area contributed by atoms with E-state index in [1.54, 1.807) is 6.33 Å². The van der Waals surface area contributed by atoms with Gasteiger partial charge in [0.15, 0.2) is 5.65 Å². The number of fused-ring (bicyclic) bond motifs is 1. The molecule has 0 radical (unpaired) electrons. The van der Waals surface area contributed by atoms with Gasteiger partial charge in [-0.2, -0.15) is 0 Å². The number of hydrogen-bond donors (Lipinski definition) is 0. The minimum Gasteiger partial charge on any atom is -0.469 e. The number of esters is 1. The van der Waals surface area contributed by atoms with Crippen molar-refractivity contribution in [1.82, 2.24) is 19.4 Å². The Morgan fingerprint density at radius 3 is 2.81 bits per heavy atom. The van der Waals surface area contributed by atoms with Gasteiger partial charge >= 0.3 is 5.97 Å². The summed E-state index contributed by atoms with van der Waals surface area (Å²) in [7, 11) is 3.38. The molecular formula is C20H22N4O2. The van der Waals surface area contributed by atoms with Crippen LogP contribution in [0.1, 0.15) is 17.0 Å². The normalized spacial score (nSPS) is 20.5. The highest BCUT2D eigenvalue weighted by molar-refractivity contribution is 5.76. The second kappa shape index (κ2) is 6.88. The zero-order valence-electron chi connectivity index (χ0n) is 15.0. The van der Waals surface area contributed by atoms with Gasteiger partial charge in [-0.15, -0.1) is 0 Å². The van der Waals surface area contributed by atoms with Crippen LogP contribution < -0.4 is 0 Å². The molecule has 0 amide bonds. The van der Waals surface area contributed by atoms with Gasteiger partial charge in [0.05, 0.1) is 19.4 Å². The van der Waals surface area contributed by atoms with Crippen LogP contribution in [0, 0.1) is 5.92 Å². The Morgan fingerprint density at radius 2 is 2.04 bits per heavy atom. The van der Waals surface area contributed by atoms with Gasteiger partial charge in [0.2, 0.25) is 0 Å². The largest absolute Gasteiger partial charge is 0.469 e. The van der Waals surface area contributed by atoms with Crippen LogP contribution in [-0.4, -0.2) is 45.6 Å². The van der Waals surface area contributed by atoms with E-state index in [0.717, 1.165) is 29.8 Å². The molecule has 1 aromatic carbocycles. The van der Waals surface area contributed by atoms with Gasteiger partial charge in [-0.05, 0) is 17.2 Å². The maximum Gasteiger partial charge on any atom is 0.310 e. The summed E-state index contributed by atoms with van der Waals surface area (Å²) in [5.41, 5.74) is 4.00. The van der Waals surface area contributed by atoms with Gasteiger partial charge < -0.3 is 9.30 Å². The molecule has 6 heteroatoms. The number of likely N-dealkylation sites (tertiary alicyclic amines) is 1. The summed E-state index contributed by atoms with van der Waals surface area (Å²) in [6.45, 7) is 2.31. The summed E-state index contributed by atoms with van der Waals surface area (Å²) >= 11 is 0. The Bertz CT molecular complexity index is 922. The van der Waals surface area contributed by atoms with Crippen molar-refractivity contribution in [3.63, 3.8) is 0 Å². The van der Waals surface area contributed by atoms with Gasteiger partial charge in [0.1, 0.15) is 5.52 Å². The van der Waals surface area contributed by atoms with Crippen molar-refractivity contribution in [3.8, 4) is 0 Å². The molecule has 0 bridgehead atoms. The van der Waals surface area contributed by atoms with Gasteiger partial charge in [0.25, 0.3) is 0 Å². The first kappa shape index (κ1) is 16.7. The van der Waals surface area contributed by atoms with E-state index < -0.39 is 0 Å². The average molecular weight is 350 g/mol. The fraction of sp³-hybridized carbons (Fsp3) is 0.350. The molecule has 0 N–H and O–H groups in total. The van der Waals surface area contributed by atoms with Crippen molar-refractivity contribution >= 4 is 17.1 Å². The predicted octanol–water partition coefficient (Wildman–Crippen LogP) is 2.36. The molecule has 3 aromatic rings. The Morgan fingerprint density at radius 1 is 1.23 bits per heavy atom. The molecule has 134 valence electrons. The summed E-state index contributed by atoms with van der Waals surface area (Å²) in [6.07, 6.45) is 3.63. The minimum absolute atomic E-state index is 0.0602. The van der Waals surface area contributed by atoms with Crippen molar-refractivity contribution in [3.05, 3.63) is 60.0 Å². The van der Waals surface area contributed by atoms with Crippen LogP contribution in [0.5, 0.6) is 0 Å². The van der Waals surface area contributed by atoms with E-state index in [0.29, 0.717) is 6.54 Å². The first-order valence-electron chi connectivity index (χ1n) is 8.77. The lowest BCUT2D eigenvalue weighted by atomic mass is 9.90. The number of pyridine rings is 1. The average Bonchev–Trinajstić information content (AvgIpc) is 3.25. The number of nitrogens with zero attached hydrogens (tertiary/aromatic N) is 4. The number of imidazole rings is 1. The first-order valence-corrected chi connectivity index (χ1v) is 8.77. The highest BCUT2D eigenvalue weighted by Crippen LogP contribution is 2.34. The van der Waals surface area contributed by atoms with Crippen LogP contribution in [0.2, 0.25) is 0 Å². The number of rotatable bonds is 4. The topological polar surface area (TPSA) is 60.2 Å². The van der Waals surface area contributed by atoms with Gasteiger partial charge in [-0.3, -0.25) is 9.69 Å². The van der Waals surface area contributed by atoms with Crippen molar-refractivity contribution in [2.24, 2.45) is 13.0 Å². The van der Waals surface area contributed by atoms with E-state index in [-0.39, 0.29) is 17.8 Å². The highest BCUT2D eigenvalue weighted by atomic mass is 16.5. The molecule has 0 saturated carbocycles. The second-order valence-electron chi connectivity index (χ2n) is 6.88. The molecule has 26 heavy (non-hydrogen) atoms. The van der Waals surface area contributed by atoms with Gasteiger partial charge in [-0.25, -0.2) is 9.97 Å². The van der Waals surface area contributed by atoms with Crippen LogP contribution in [0.25, 0.3) is 11.2 Å². The fourth-order valence-electron chi connectivity index (χ4n) is 3.82. The number of carbonyl (C=O) groups is 1. The van der Waals surface area contributed by atoms with E-state index in [1.807, 2.05) is 36.0 Å². The van der Waals surface area contributed by atoms with Crippen molar-refractivity contribution in [2.75, 3.05) is 20.2 Å². The molecular weight excluding hydrogens is 328 g/mol. The quantitative estimate of drug-likeness (QED) is 0.676. The lowest BCUT2D eigenvalue weighted by Gasteiger charge is -2.16. The molecule has 0 aliphatic carbocycles. The predicted molar refractivity (Wildman–Crippen MR) is 98.5 cm³/mol. The number of carbonyl (C=O) groups excluding carboxylic acids is 1. The third kappa shape index (κ3) is 3.08. The van der Waals surface area contributed by atoms with Crippen molar-refractivity contribution in [1.29, 1.82) is 0 Å². The first-order chi connectivity index (χ1) is 12.7. The van der Waals surface area contributed by atoms with Crippen molar-refractivity contribution in [2.45, 2.75) is 12.5 Å². The Hall–Kier alpha value is -2.73. The molecule has 0 unspecified atom stereocenters. The second-order valence-corrected chi connectivity index (χ2v) is 6.88. The third-order valence-corrected chi connectivity index (χ3v) is 5.15. The Kier molecular flexibility index (Phi) is 4.42. The molecule has 2 aromatic heterocycles. The number of ether oxygens (including phenoxy) is 1. The molecule has 1 aliphatic rings. The standard InChI is InChI=1S/C20H22N4O2/c1-23-13-22-18-8-15(9-21-19(18)23)16-11-24(12-17(16)20(25)26-2)10-14-6-4-3-5-7-14/h3-9,13,16-17H,10-12H2,1-2H3/t16-,17+/m0/s1. The van der Waals surface area contributed by atoms with Crippen LogP contribution in [0.15, 0.2) is 48.9 Å². The summed E-state index contributed by atoms with van der Waals surface area (Å²) < 4.78 is 6.97. The number of hydrogen-bond acceptors (Lipinski definition) is 5. The fourth-order valence-corrected chi connectivity index (χ4v) is 3.82. The Labute approximate surface area is 152 Å². The van der Waals surface area contributed by atoms with Crippen molar-refractivity contribution < 1.29 is 9.53 Å². The SMILES string of the molecule is COC(=O)[C@@H]1CN(Cc2ccccc2)C[C@H]1c1cnc2c(c1)ncn2C. The van der Waals surface area contributed by atoms with Gasteiger partial charge in [0, 0.05) is 38.8 Å². The molecule has 2 atom stereocenters. The zero-order chi connectivity index (χ0) is 18.1. The molecule has 3 heterocycles. The lowest BCUT2D eigenvalue weighted by Crippen LogP contribution is -2.24. The number of aromatic nitrogens is 3. The summed E-state index contributed by atoms with van der Waals surface area (Å²) in [5.74, 6) is -0.288. The Balaban J connectivity index is 1.61. The number of benzene rings is 1. The number of aryl methyl sites for hydroxylation is 1. The number of methoxy groups -OCH3 is 1. The molecule has 1 fully saturated rings. The maximum absolute atomic E-state index is 12.4. The molecule has 6 nitrogen and oxygen atoms in total. The van der Waals surface area contributed by atoms with Crippen LogP contribution >= 0.6 is 0 Å². The monoisotopic (exact) mass is 350 g/mol. The summed E-state index contributed by atoms with van der Waals surface area (Å²) in [6, 6.07) is 12.4. The smallest absolute Gasteiger partial charge is 0.310 e. The highest BCUT2D eigenvalue weighted by Gasteiger charge is 2.39. The van der Waals surface area contributed by atoms with E-state index in [9.17, 15) is 4.79 Å². The molecule has 4 rings (SSSR count). The summed E-state index contributed by atoms with van der Waals surface area (Å²) in [4.78, 5) is 23.6.